The molecule has 10 heavy (non-hydrogen) atoms. The molecule has 0 unspecified atom stereocenters. The standard InChI is InChI=1S/C6H12O2.C2H4/c7-6(8)4-2-1-3-5-6;1-2/h7-8H,1-5H2;1-2H2. The van der Waals surface area contributed by atoms with Crippen molar-refractivity contribution < 1.29 is 10.2 Å². The molecule has 0 aliphatic heterocycles. The van der Waals surface area contributed by atoms with Gasteiger partial charge in [-0.2, -0.15) is 0 Å². The van der Waals surface area contributed by atoms with Gasteiger partial charge in [0, 0.05) is 12.8 Å². The van der Waals surface area contributed by atoms with Gasteiger partial charge in [0.25, 0.3) is 0 Å². The SMILES string of the molecule is C=C.OC1(O)CCCCC1. The van der Waals surface area contributed by atoms with Crippen LogP contribution in [0.1, 0.15) is 32.1 Å². The highest BCUT2D eigenvalue weighted by molar-refractivity contribution is 4.69. The molecule has 2 nitrogen and oxygen atoms in total. The van der Waals surface area contributed by atoms with Crippen molar-refractivity contribution in [3.8, 4) is 0 Å². The van der Waals surface area contributed by atoms with Gasteiger partial charge in [-0.05, 0) is 12.8 Å². The zero-order valence-corrected chi connectivity index (χ0v) is 6.34. The van der Waals surface area contributed by atoms with Crippen LogP contribution in [0.2, 0.25) is 0 Å². The Labute approximate surface area is 62.2 Å². The monoisotopic (exact) mass is 144 g/mol. The Balaban J connectivity index is 0.000000371. The maximum atomic E-state index is 8.93. The molecule has 0 amide bonds. The van der Waals surface area contributed by atoms with Gasteiger partial charge in [0.15, 0.2) is 5.79 Å². The summed E-state index contributed by atoms with van der Waals surface area (Å²) in [6, 6.07) is 0. The van der Waals surface area contributed by atoms with Crippen molar-refractivity contribution in [3.63, 3.8) is 0 Å². The predicted molar refractivity (Wildman–Crippen MR) is 41.5 cm³/mol. The molecule has 0 atom stereocenters. The molecule has 0 saturated heterocycles. The van der Waals surface area contributed by atoms with Gasteiger partial charge >= 0.3 is 0 Å². The second-order valence-electron chi connectivity index (χ2n) is 2.54. The molecule has 0 bridgehead atoms. The summed E-state index contributed by atoms with van der Waals surface area (Å²) in [6.45, 7) is 6.00. The van der Waals surface area contributed by atoms with Gasteiger partial charge in [0.05, 0.1) is 0 Å². The molecule has 0 heterocycles. The van der Waals surface area contributed by atoms with Crippen LogP contribution in [-0.4, -0.2) is 16.0 Å². The quantitative estimate of drug-likeness (QED) is 0.399. The molecule has 0 spiro atoms. The van der Waals surface area contributed by atoms with E-state index >= 15 is 0 Å². The molecule has 1 fully saturated rings. The molecule has 1 saturated carbocycles. The fraction of sp³-hybridized carbons (Fsp3) is 0.750. The van der Waals surface area contributed by atoms with E-state index in [1.54, 1.807) is 0 Å². The van der Waals surface area contributed by atoms with Crippen molar-refractivity contribution in [2.45, 2.75) is 37.9 Å². The summed E-state index contributed by atoms with van der Waals surface area (Å²) in [6.07, 6.45) is 4.21. The third-order valence-electron chi connectivity index (χ3n) is 1.65. The summed E-state index contributed by atoms with van der Waals surface area (Å²) in [5.74, 6) is -1.32. The summed E-state index contributed by atoms with van der Waals surface area (Å²) in [5.41, 5.74) is 0. The van der Waals surface area contributed by atoms with Crippen molar-refractivity contribution in [1.82, 2.24) is 0 Å². The summed E-state index contributed by atoms with van der Waals surface area (Å²) in [4.78, 5) is 0. The van der Waals surface area contributed by atoms with Crippen LogP contribution in [0, 0.1) is 0 Å². The second-order valence-corrected chi connectivity index (χ2v) is 2.54. The van der Waals surface area contributed by atoms with Gasteiger partial charge in [-0.1, -0.05) is 6.42 Å². The molecular weight excluding hydrogens is 128 g/mol. The average Bonchev–Trinajstić information content (AvgIpc) is 1.92. The molecule has 0 aromatic heterocycles. The van der Waals surface area contributed by atoms with Gasteiger partial charge < -0.3 is 10.2 Å². The highest BCUT2D eigenvalue weighted by atomic mass is 16.5. The molecule has 1 aliphatic rings. The molecule has 2 N–H and O–H groups in total. The maximum absolute atomic E-state index is 8.93. The van der Waals surface area contributed by atoms with Crippen LogP contribution in [0.3, 0.4) is 0 Å². The van der Waals surface area contributed by atoms with E-state index in [4.69, 9.17) is 10.2 Å². The number of hydrogen-bond acceptors (Lipinski definition) is 2. The fourth-order valence-corrected chi connectivity index (χ4v) is 1.12. The van der Waals surface area contributed by atoms with Crippen LogP contribution in [0.25, 0.3) is 0 Å². The normalized spacial score (nSPS) is 22.6. The zero-order valence-electron chi connectivity index (χ0n) is 6.34. The first-order valence-corrected chi connectivity index (χ1v) is 3.65. The van der Waals surface area contributed by atoms with E-state index < -0.39 is 5.79 Å². The van der Waals surface area contributed by atoms with Crippen LogP contribution < -0.4 is 0 Å². The maximum Gasteiger partial charge on any atom is 0.162 e. The van der Waals surface area contributed by atoms with Crippen molar-refractivity contribution >= 4 is 0 Å². The van der Waals surface area contributed by atoms with Crippen LogP contribution in [-0.2, 0) is 0 Å². The van der Waals surface area contributed by atoms with Crippen LogP contribution in [0.5, 0.6) is 0 Å². The Bertz CT molecular complexity index is 81.3. The zero-order chi connectivity index (χ0) is 8.04. The predicted octanol–water partition coefficient (Wildman–Crippen LogP) is 1.43. The van der Waals surface area contributed by atoms with Gasteiger partial charge in [-0.3, -0.25) is 0 Å². The molecule has 1 aliphatic carbocycles. The summed E-state index contributed by atoms with van der Waals surface area (Å²) < 4.78 is 0. The molecule has 0 aromatic carbocycles. The lowest BCUT2D eigenvalue weighted by Gasteiger charge is -2.25. The lowest BCUT2D eigenvalue weighted by Crippen LogP contribution is -2.30. The first-order valence-electron chi connectivity index (χ1n) is 3.65. The molecular formula is C8H16O2. The minimum Gasteiger partial charge on any atom is -0.366 e. The molecule has 1 rings (SSSR count). The topological polar surface area (TPSA) is 40.5 Å². The Hall–Kier alpha value is -0.340. The van der Waals surface area contributed by atoms with Gasteiger partial charge in [-0.25, -0.2) is 0 Å². The summed E-state index contributed by atoms with van der Waals surface area (Å²) in [5, 5.41) is 17.9. The third kappa shape index (κ3) is 3.64. The largest absolute Gasteiger partial charge is 0.366 e. The third-order valence-corrected chi connectivity index (χ3v) is 1.65. The Morgan fingerprint density at radius 3 is 1.50 bits per heavy atom. The van der Waals surface area contributed by atoms with E-state index in [1.807, 2.05) is 0 Å². The number of aliphatic hydroxyl groups is 2. The van der Waals surface area contributed by atoms with Crippen molar-refractivity contribution in [3.05, 3.63) is 13.2 Å². The van der Waals surface area contributed by atoms with E-state index in [0.717, 1.165) is 19.3 Å². The van der Waals surface area contributed by atoms with Gasteiger partial charge in [-0.15, -0.1) is 13.2 Å². The fourth-order valence-electron chi connectivity index (χ4n) is 1.12. The summed E-state index contributed by atoms with van der Waals surface area (Å²) in [7, 11) is 0. The lowest BCUT2D eigenvalue weighted by atomic mass is 9.95. The minimum atomic E-state index is -1.32. The van der Waals surface area contributed by atoms with Crippen molar-refractivity contribution in [2.75, 3.05) is 0 Å². The van der Waals surface area contributed by atoms with E-state index in [2.05, 4.69) is 13.2 Å². The van der Waals surface area contributed by atoms with E-state index in [-0.39, 0.29) is 0 Å². The Morgan fingerprint density at radius 2 is 1.30 bits per heavy atom. The molecule has 0 aromatic rings. The second kappa shape index (κ2) is 4.47. The number of hydrogen-bond donors (Lipinski definition) is 2. The average molecular weight is 144 g/mol. The molecule has 0 radical (unpaired) electrons. The Morgan fingerprint density at radius 1 is 0.900 bits per heavy atom. The van der Waals surface area contributed by atoms with Crippen LogP contribution >= 0.6 is 0 Å². The van der Waals surface area contributed by atoms with E-state index in [1.165, 1.54) is 0 Å². The highest BCUT2D eigenvalue weighted by Crippen LogP contribution is 2.24. The molecule has 2 heteroatoms. The van der Waals surface area contributed by atoms with E-state index in [9.17, 15) is 0 Å². The van der Waals surface area contributed by atoms with Gasteiger partial charge in [0.2, 0.25) is 0 Å². The smallest absolute Gasteiger partial charge is 0.162 e. The Kier molecular flexibility index (Phi) is 4.32. The van der Waals surface area contributed by atoms with Crippen LogP contribution in [0.4, 0.5) is 0 Å². The lowest BCUT2D eigenvalue weighted by molar-refractivity contribution is -0.180. The van der Waals surface area contributed by atoms with Crippen LogP contribution in [0.15, 0.2) is 13.2 Å². The highest BCUT2D eigenvalue weighted by Gasteiger charge is 2.24. The van der Waals surface area contributed by atoms with Crippen molar-refractivity contribution in [2.24, 2.45) is 0 Å². The molecule has 60 valence electrons. The van der Waals surface area contributed by atoms with Gasteiger partial charge in [0.1, 0.15) is 0 Å². The summed E-state index contributed by atoms with van der Waals surface area (Å²) >= 11 is 0. The first kappa shape index (κ1) is 9.66. The van der Waals surface area contributed by atoms with Crippen molar-refractivity contribution in [1.29, 1.82) is 0 Å². The van der Waals surface area contributed by atoms with E-state index in [0.29, 0.717) is 12.8 Å². The first-order chi connectivity index (χ1) is 4.71. The number of rotatable bonds is 0. The minimum absolute atomic E-state index is 0.562.